The minimum absolute atomic E-state index is 0.0771. The lowest BCUT2D eigenvalue weighted by Crippen LogP contribution is -2.24. The van der Waals surface area contributed by atoms with Crippen molar-refractivity contribution in [3.05, 3.63) is 24.3 Å². The van der Waals surface area contributed by atoms with Crippen molar-refractivity contribution in [2.75, 3.05) is 13.2 Å². The Labute approximate surface area is 115 Å². The van der Waals surface area contributed by atoms with Gasteiger partial charge in [0.05, 0.1) is 6.61 Å². The summed E-state index contributed by atoms with van der Waals surface area (Å²) >= 11 is 0. The molecule has 0 heterocycles. The summed E-state index contributed by atoms with van der Waals surface area (Å²) in [5.41, 5.74) is 0.979. The Kier molecular flexibility index (Phi) is 9.49. The predicted molar refractivity (Wildman–Crippen MR) is 76.7 cm³/mol. The van der Waals surface area contributed by atoms with Crippen LogP contribution in [-0.2, 0) is 14.3 Å². The Morgan fingerprint density at radius 3 is 2.11 bits per heavy atom. The smallest absolute Gasteiger partial charge is 0.333 e. The van der Waals surface area contributed by atoms with Crippen LogP contribution < -0.4 is 5.32 Å². The van der Waals surface area contributed by atoms with E-state index in [4.69, 9.17) is 4.74 Å². The number of carbonyl (C=O) groups is 2. The van der Waals surface area contributed by atoms with Crippen LogP contribution in [0.3, 0.4) is 0 Å². The Morgan fingerprint density at radius 1 is 0.947 bits per heavy atom. The summed E-state index contributed by atoms with van der Waals surface area (Å²) in [5.74, 6) is -0.394. The second-order valence-corrected chi connectivity index (χ2v) is 4.72. The molecule has 0 saturated heterocycles. The van der Waals surface area contributed by atoms with E-state index < -0.39 is 0 Å². The van der Waals surface area contributed by atoms with E-state index in [0.717, 1.165) is 32.1 Å². The lowest BCUT2D eigenvalue weighted by atomic mass is 10.1. The third kappa shape index (κ3) is 10.1. The number of ether oxygens (including phenoxy) is 1. The highest BCUT2D eigenvalue weighted by Crippen LogP contribution is 2.03. The Bertz CT molecular complexity index is 302. The molecule has 1 N–H and O–H groups in total. The van der Waals surface area contributed by atoms with E-state index in [1.54, 1.807) is 13.8 Å². The first-order chi connectivity index (χ1) is 8.95. The Hall–Kier alpha value is -1.58. The maximum atomic E-state index is 11.2. The van der Waals surface area contributed by atoms with Crippen LogP contribution in [0.15, 0.2) is 24.3 Å². The molecule has 0 bridgehead atoms. The summed E-state index contributed by atoms with van der Waals surface area (Å²) in [6.45, 7) is 11.6. The van der Waals surface area contributed by atoms with E-state index in [0.29, 0.717) is 24.3 Å². The zero-order chi connectivity index (χ0) is 14.7. The van der Waals surface area contributed by atoms with Crippen LogP contribution in [0.1, 0.15) is 46.0 Å². The fourth-order valence-electron chi connectivity index (χ4n) is 1.40. The van der Waals surface area contributed by atoms with E-state index >= 15 is 0 Å². The fraction of sp³-hybridized carbons (Fsp3) is 0.600. The van der Waals surface area contributed by atoms with Gasteiger partial charge in [0.1, 0.15) is 0 Å². The van der Waals surface area contributed by atoms with Crippen LogP contribution in [0.4, 0.5) is 0 Å². The number of esters is 1. The van der Waals surface area contributed by atoms with Gasteiger partial charge in [-0.25, -0.2) is 4.79 Å². The third-order valence-corrected chi connectivity index (χ3v) is 2.58. The topological polar surface area (TPSA) is 55.4 Å². The van der Waals surface area contributed by atoms with E-state index in [2.05, 4.69) is 18.5 Å². The molecule has 0 aliphatic carbocycles. The van der Waals surface area contributed by atoms with Crippen molar-refractivity contribution in [1.82, 2.24) is 5.32 Å². The molecule has 0 aromatic heterocycles. The van der Waals surface area contributed by atoms with Crippen LogP contribution in [0.2, 0.25) is 0 Å². The van der Waals surface area contributed by atoms with Gasteiger partial charge in [0, 0.05) is 17.7 Å². The van der Waals surface area contributed by atoms with Gasteiger partial charge < -0.3 is 10.1 Å². The average Bonchev–Trinajstić information content (AvgIpc) is 2.35. The molecule has 19 heavy (non-hydrogen) atoms. The molecule has 0 radical (unpaired) electrons. The summed E-state index contributed by atoms with van der Waals surface area (Å²) < 4.78 is 4.98. The number of rotatable bonds is 10. The van der Waals surface area contributed by atoms with Crippen molar-refractivity contribution in [2.24, 2.45) is 0 Å². The maximum absolute atomic E-state index is 11.2. The quantitative estimate of drug-likeness (QED) is 0.376. The van der Waals surface area contributed by atoms with Crippen molar-refractivity contribution >= 4 is 11.9 Å². The zero-order valence-corrected chi connectivity index (χ0v) is 12.1. The molecule has 108 valence electrons. The van der Waals surface area contributed by atoms with Crippen LogP contribution in [-0.4, -0.2) is 25.0 Å². The molecule has 0 spiro atoms. The summed E-state index contributed by atoms with van der Waals surface area (Å²) in [6.07, 6.45) is 5.00. The molecule has 4 nitrogen and oxygen atoms in total. The molecule has 0 aliphatic heterocycles. The average molecular weight is 267 g/mol. The van der Waals surface area contributed by atoms with Crippen LogP contribution >= 0.6 is 0 Å². The third-order valence-electron chi connectivity index (χ3n) is 2.58. The molecule has 0 aliphatic rings. The van der Waals surface area contributed by atoms with E-state index in [1.165, 1.54) is 0 Å². The minimum atomic E-state index is -0.317. The van der Waals surface area contributed by atoms with Gasteiger partial charge in [-0.15, -0.1) is 0 Å². The van der Waals surface area contributed by atoms with Gasteiger partial charge in [0.15, 0.2) is 0 Å². The second kappa shape index (κ2) is 10.4. The summed E-state index contributed by atoms with van der Waals surface area (Å²) in [4.78, 5) is 22.2. The molecule has 0 aromatic carbocycles. The molecule has 0 rings (SSSR count). The van der Waals surface area contributed by atoms with Crippen LogP contribution in [0.5, 0.6) is 0 Å². The van der Waals surface area contributed by atoms with Crippen molar-refractivity contribution in [3.63, 3.8) is 0 Å². The molecule has 0 atom stereocenters. The summed E-state index contributed by atoms with van der Waals surface area (Å²) in [6, 6.07) is 0. The molecule has 0 aromatic rings. The molecule has 1 amide bonds. The number of amides is 1. The minimum Gasteiger partial charge on any atom is -0.462 e. The highest BCUT2D eigenvalue weighted by molar-refractivity contribution is 5.92. The van der Waals surface area contributed by atoms with Gasteiger partial charge in [0.2, 0.25) is 5.91 Å². The highest BCUT2D eigenvalue weighted by atomic mass is 16.5. The van der Waals surface area contributed by atoms with Gasteiger partial charge in [-0.1, -0.05) is 32.4 Å². The van der Waals surface area contributed by atoms with Crippen molar-refractivity contribution in [2.45, 2.75) is 46.0 Å². The molecular weight excluding hydrogens is 242 g/mol. The monoisotopic (exact) mass is 267 g/mol. The molecule has 0 saturated carbocycles. The van der Waals surface area contributed by atoms with E-state index in [-0.39, 0.29) is 11.9 Å². The first-order valence-corrected chi connectivity index (χ1v) is 6.71. The number of carbonyl (C=O) groups excluding carboxylic acids is 2. The molecular formula is C15H25NO3. The van der Waals surface area contributed by atoms with Gasteiger partial charge in [-0.05, 0) is 26.7 Å². The maximum Gasteiger partial charge on any atom is 0.333 e. The van der Waals surface area contributed by atoms with Crippen molar-refractivity contribution in [1.29, 1.82) is 0 Å². The normalized spacial score (nSPS) is 9.79. The number of hydrogen-bond acceptors (Lipinski definition) is 3. The standard InChI is InChI=1S/C15H25NO3/c1-12(2)14(17)16-10-8-6-5-7-9-11-19-15(18)13(3)4/h1,3,5-11H2,2,4H3,(H,16,17). The van der Waals surface area contributed by atoms with E-state index in [1.807, 2.05) is 0 Å². The number of hydrogen-bond donors (Lipinski definition) is 1. The molecule has 0 fully saturated rings. The zero-order valence-electron chi connectivity index (χ0n) is 12.1. The first-order valence-electron chi connectivity index (χ1n) is 6.71. The number of unbranched alkanes of at least 4 members (excludes halogenated alkanes) is 4. The van der Waals surface area contributed by atoms with Crippen molar-refractivity contribution in [3.8, 4) is 0 Å². The first kappa shape index (κ1) is 17.4. The second-order valence-electron chi connectivity index (χ2n) is 4.72. The lowest BCUT2D eigenvalue weighted by molar-refractivity contribution is -0.139. The van der Waals surface area contributed by atoms with Gasteiger partial charge >= 0.3 is 5.97 Å². The Balaban J connectivity index is 3.28. The molecule has 4 heteroatoms. The fourth-order valence-corrected chi connectivity index (χ4v) is 1.40. The summed E-state index contributed by atoms with van der Waals surface area (Å²) in [7, 11) is 0. The SMILES string of the molecule is C=C(C)C(=O)NCCCCCCCOC(=O)C(=C)C. The Morgan fingerprint density at radius 2 is 1.53 bits per heavy atom. The van der Waals surface area contributed by atoms with Crippen LogP contribution in [0.25, 0.3) is 0 Å². The number of nitrogens with one attached hydrogen (secondary N) is 1. The van der Waals surface area contributed by atoms with Crippen LogP contribution in [0, 0.1) is 0 Å². The van der Waals surface area contributed by atoms with Gasteiger partial charge in [-0.3, -0.25) is 4.79 Å². The van der Waals surface area contributed by atoms with Crippen molar-refractivity contribution < 1.29 is 14.3 Å². The van der Waals surface area contributed by atoms with Gasteiger partial charge in [-0.2, -0.15) is 0 Å². The lowest BCUT2D eigenvalue weighted by Gasteiger charge is -2.05. The van der Waals surface area contributed by atoms with Gasteiger partial charge in [0.25, 0.3) is 0 Å². The summed E-state index contributed by atoms with van der Waals surface area (Å²) in [5, 5.41) is 2.79. The predicted octanol–water partition coefficient (Wildman–Crippen LogP) is 2.75. The molecule has 0 unspecified atom stereocenters. The highest BCUT2D eigenvalue weighted by Gasteiger charge is 2.02. The van der Waals surface area contributed by atoms with E-state index in [9.17, 15) is 9.59 Å². The largest absolute Gasteiger partial charge is 0.462 e.